The molecule has 6 nitrogen and oxygen atoms in total. The van der Waals surface area contributed by atoms with Crippen LogP contribution in [0, 0.1) is 0 Å². The topological polar surface area (TPSA) is 61.9 Å². The number of carbonyl (C=O) groups is 2. The zero-order valence-corrected chi connectivity index (χ0v) is 17.7. The van der Waals surface area contributed by atoms with E-state index < -0.39 is 0 Å². The molecule has 1 saturated heterocycles. The molecule has 0 unspecified atom stereocenters. The van der Waals surface area contributed by atoms with Crippen LogP contribution in [0.15, 0.2) is 54.6 Å². The van der Waals surface area contributed by atoms with Crippen LogP contribution in [0.1, 0.15) is 21.5 Å². The van der Waals surface area contributed by atoms with Crippen molar-refractivity contribution in [3.8, 4) is 0 Å². The van der Waals surface area contributed by atoms with E-state index in [0.717, 1.165) is 24.0 Å². The molecule has 0 bridgehead atoms. The maximum absolute atomic E-state index is 13.1. The number of nitrogens with zero attached hydrogens (tertiary/aromatic N) is 2. The summed E-state index contributed by atoms with van der Waals surface area (Å²) in [4.78, 5) is 29.1. The van der Waals surface area contributed by atoms with Crippen LogP contribution in [0.3, 0.4) is 0 Å². The number of ether oxygens (including phenoxy) is 1. The lowest BCUT2D eigenvalue weighted by Crippen LogP contribution is -2.51. The molecule has 0 radical (unpaired) electrons. The molecule has 1 N–H and O–H groups in total. The third kappa shape index (κ3) is 6.40. The van der Waals surface area contributed by atoms with Crippen molar-refractivity contribution >= 4 is 11.8 Å². The Morgan fingerprint density at radius 1 is 0.933 bits per heavy atom. The van der Waals surface area contributed by atoms with Crippen LogP contribution in [0.25, 0.3) is 0 Å². The third-order valence-electron chi connectivity index (χ3n) is 5.43. The molecule has 3 rings (SSSR count). The monoisotopic (exact) mass is 409 g/mol. The second-order valence-electron chi connectivity index (χ2n) is 7.55. The summed E-state index contributed by atoms with van der Waals surface area (Å²) in [6, 6.07) is 18.3. The number of aryl methyl sites for hydroxylation is 2. The predicted molar refractivity (Wildman–Crippen MR) is 118 cm³/mol. The molecule has 0 atom stereocenters. The Morgan fingerprint density at radius 2 is 1.63 bits per heavy atom. The Morgan fingerprint density at radius 3 is 2.37 bits per heavy atom. The zero-order chi connectivity index (χ0) is 21.2. The van der Waals surface area contributed by atoms with Crippen molar-refractivity contribution in [1.29, 1.82) is 0 Å². The van der Waals surface area contributed by atoms with Crippen LogP contribution in [0.2, 0.25) is 0 Å². The normalized spacial score (nSPS) is 14.5. The van der Waals surface area contributed by atoms with Crippen LogP contribution in [-0.4, -0.2) is 74.6 Å². The first kappa shape index (κ1) is 22.0. The van der Waals surface area contributed by atoms with Gasteiger partial charge in [-0.2, -0.15) is 0 Å². The van der Waals surface area contributed by atoms with Crippen molar-refractivity contribution in [1.82, 2.24) is 15.1 Å². The summed E-state index contributed by atoms with van der Waals surface area (Å²) < 4.78 is 4.94. The fourth-order valence-corrected chi connectivity index (χ4v) is 3.70. The molecule has 1 aliphatic heterocycles. The van der Waals surface area contributed by atoms with Gasteiger partial charge in [0.05, 0.1) is 13.2 Å². The minimum atomic E-state index is -0.00177. The highest BCUT2D eigenvalue weighted by Crippen LogP contribution is 2.16. The molecule has 30 heavy (non-hydrogen) atoms. The summed E-state index contributed by atoms with van der Waals surface area (Å²) >= 11 is 0. The quantitative estimate of drug-likeness (QED) is 0.644. The number of piperazine rings is 1. The Labute approximate surface area is 178 Å². The second-order valence-corrected chi connectivity index (χ2v) is 7.55. The van der Waals surface area contributed by atoms with E-state index in [4.69, 9.17) is 4.74 Å². The van der Waals surface area contributed by atoms with Crippen molar-refractivity contribution in [3.63, 3.8) is 0 Å². The van der Waals surface area contributed by atoms with E-state index in [1.165, 1.54) is 5.56 Å². The van der Waals surface area contributed by atoms with Gasteiger partial charge in [0, 0.05) is 45.4 Å². The summed E-state index contributed by atoms with van der Waals surface area (Å²) in [5.41, 5.74) is 3.16. The van der Waals surface area contributed by atoms with Crippen LogP contribution in [0.5, 0.6) is 0 Å². The molecule has 1 heterocycles. The number of methoxy groups -OCH3 is 1. The van der Waals surface area contributed by atoms with E-state index in [1.807, 2.05) is 41.3 Å². The first-order chi connectivity index (χ1) is 14.7. The number of amides is 2. The zero-order valence-electron chi connectivity index (χ0n) is 17.7. The number of benzene rings is 2. The van der Waals surface area contributed by atoms with Gasteiger partial charge in [-0.1, -0.05) is 48.5 Å². The Bertz CT molecular complexity index is 817. The lowest BCUT2D eigenvalue weighted by molar-refractivity contribution is -0.122. The second kappa shape index (κ2) is 11.5. The largest absolute Gasteiger partial charge is 0.383 e. The van der Waals surface area contributed by atoms with Crippen molar-refractivity contribution in [3.05, 3.63) is 71.3 Å². The molecule has 1 aliphatic rings. The molecule has 2 aromatic carbocycles. The molecule has 160 valence electrons. The van der Waals surface area contributed by atoms with E-state index >= 15 is 0 Å². The highest BCUT2D eigenvalue weighted by molar-refractivity contribution is 5.95. The summed E-state index contributed by atoms with van der Waals surface area (Å²) in [5, 5.41) is 2.84. The van der Waals surface area contributed by atoms with Crippen molar-refractivity contribution in [2.75, 3.05) is 53.0 Å². The summed E-state index contributed by atoms with van der Waals surface area (Å²) in [7, 11) is 1.61. The fraction of sp³-hybridized carbons (Fsp3) is 0.417. The lowest BCUT2D eigenvalue weighted by atomic mass is 9.99. The van der Waals surface area contributed by atoms with Gasteiger partial charge in [0.2, 0.25) is 5.91 Å². The average molecular weight is 410 g/mol. The van der Waals surface area contributed by atoms with Gasteiger partial charge in [0.25, 0.3) is 5.91 Å². The standard InChI is InChI=1S/C24H31N3O3/c1-30-18-13-25-23(28)19-26-14-16-27(17-15-26)24(29)22-10-6-5-9-21(22)12-11-20-7-3-2-4-8-20/h2-10H,11-19H2,1H3,(H,25,28). The van der Waals surface area contributed by atoms with Crippen molar-refractivity contribution in [2.24, 2.45) is 0 Å². The van der Waals surface area contributed by atoms with E-state index in [9.17, 15) is 9.59 Å². The van der Waals surface area contributed by atoms with Crippen molar-refractivity contribution < 1.29 is 14.3 Å². The van der Waals surface area contributed by atoms with E-state index in [0.29, 0.717) is 45.9 Å². The Kier molecular flexibility index (Phi) is 8.41. The van der Waals surface area contributed by atoms with Gasteiger partial charge in [-0.05, 0) is 30.0 Å². The maximum atomic E-state index is 13.1. The molecule has 2 amide bonds. The summed E-state index contributed by atoms with van der Waals surface area (Å²) in [6.45, 7) is 4.07. The number of hydrogen-bond acceptors (Lipinski definition) is 4. The Hall–Kier alpha value is -2.70. The molecule has 0 spiro atoms. The van der Waals surface area contributed by atoms with E-state index in [2.05, 4.69) is 28.4 Å². The maximum Gasteiger partial charge on any atom is 0.254 e. The highest BCUT2D eigenvalue weighted by Gasteiger charge is 2.24. The molecule has 1 fully saturated rings. The SMILES string of the molecule is COCCNC(=O)CN1CCN(C(=O)c2ccccc2CCc2ccccc2)CC1. The number of carbonyl (C=O) groups excluding carboxylic acids is 2. The summed E-state index contributed by atoms with van der Waals surface area (Å²) in [6.07, 6.45) is 1.75. The molecule has 0 saturated carbocycles. The third-order valence-corrected chi connectivity index (χ3v) is 5.43. The van der Waals surface area contributed by atoms with Gasteiger partial charge >= 0.3 is 0 Å². The van der Waals surface area contributed by atoms with Crippen LogP contribution in [-0.2, 0) is 22.4 Å². The number of nitrogens with one attached hydrogen (secondary N) is 1. The number of rotatable bonds is 9. The average Bonchev–Trinajstić information content (AvgIpc) is 2.79. The summed E-state index contributed by atoms with van der Waals surface area (Å²) in [5.74, 6) is 0.0842. The highest BCUT2D eigenvalue weighted by atomic mass is 16.5. The number of hydrogen-bond donors (Lipinski definition) is 1. The molecule has 0 aromatic heterocycles. The van der Waals surface area contributed by atoms with Gasteiger partial charge < -0.3 is 15.0 Å². The first-order valence-electron chi connectivity index (χ1n) is 10.6. The van der Waals surface area contributed by atoms with Crippen LogP contribution < -0.4 is 5.32 Å². The van der Waals surface area contributed by atoms with Gasteiger partial charge in [0.15, 0.2) is 0 Å². The van der Waals surface area contributed by atoms with Crippen LogP contribution >= 0.6 is 0 Å². The predicted octanol–water partition coefficient (Wildman–Crippen LogP) is 1.99. The molecule has 0 aliphatic carbocycles. The molecular weight excluding hydrogens is 378 g/mol. The van der Waals surface area contributed by atoms with Gasteiger partial charge in [-0.25, -0.2) is 0 Å². The van der Waals surface area contributed by atoms with Crippen LogP contribution in [0.4, 0.5) is 0 Å². The molecular formula is C24H31N3O3. The molecule has 2 aromatic rings. The van der Waals surface area contributed by atoms with Gasteiger partial charge in [-0.15, -0.1) is 0 Å². The van der Waals surface area contributed by atoms with Crippen molar-refractivity contribution in [2.45, 2.75) is 12.8 Å². The van der Waals surface area contributed by atoms with E-state index in [-0.39, 0.29) is 11.8 Å². The van der Waals surface area contributed by atoms with Gasteiger partial charge in [0.1, 0.15) is 0 Å². The first-order valence-corrected chi connectivity index (χ1v) is 10.6. The van der Waals surface area contributed by atoms with Gasteiger partial charge in [-0.3, -0.25) is 14.5 Å². The fourth-order valence-electron chi connectivity index (χ4n) is 3.70. The smallest absolute Gasteiger partial charge is 0.254 e. The minimum Gasteiger partial charge on any atom is -0.383 e. The minimum absolute atomic E-state index is 0.00177. The molecule has 6 heteroatoms. The van der Waals surface area contributed by atoms with E-state index in [1.54, 1.807) is 7.11 Å². The lowest BCUT2D eigenvalue weighted by Gasteiger charge is -2.34. The Balaban J connectivity index is 1.52.